The second-order valence-corrected chi connectivity index (χ2v) is 6.93. The summed E-state index contributed by atoms with van der Waals surface area (Å²) in [5.74, 6) is -1.02. The van der Waals surface area contributed by atoms with Crippen LogP contribution in [-0.2, 0) is 15.8 Å². The van der Waals surface area contributed by atoms with Gasteiger partial charge in [-0.25, -0.2) is 4.98 Å². The van der Waals surface area contributed by atoms with Crippen LogP contribution in [0.15, 0.2) is 36.5 Å². The molecule has 2 amide bonds. The molecule has 0 radical (unpaired) electrons. The highest BCUT2D eigenvalue weighted by atomic mass is 35.5. The molecule has 1 atom stereocenters. The summed E-state index contributed by atoms with van der Waals surface area (Å²) in [6.07, 6.45) is -3.17. The molecule has 1 heterocycles. The lowest BCUT2D eigenvalue weighted by Gasteiger charge is -2.23. The molecular weight excluding hydrogens is 432 g/mol. The number of carbonyl (C=O) groups is 2. The Bertz CT molecular complexity index is 909. The molecule has 1 aromatic carbocycles. The second-order valence-electron chi connectivity index (χ2n) is 6.16. The molecule has 0 aliphatic heterocycles. The number of amides is 2. The largest absolute Gasteiger partial charge is 0.417 e. The smallest absolute Gasteiger partial charge is 0.325 e. The summed E-state index contributed by atoms with van der Waals surface area (Å²) in [5, 5.41) is 4.62. The van der Waals surface area contributed by atoms with Crippen molar-refractivity contribution >= 4 is 46.4 Å². The van der Waals surface area contributed by atoms with E-state index in [-0.39, 0.29) is 17.4 Å². The lowest BCUT2D eigenvalue weighted by Crippen LogP contribution is -2.43. The molecule has 2 aromatic rings. The molecule has 2 rings (SSSR count). The number of hydrogen-bond donors (Lipinski definition) is 2. The van der Waals surface area contributed by atoms with Crippen molar-refractivity contribution in [1.82, 2.24) is 9.88 Å². The second kappa shape index (κ2) is 9.43. The van der Waals surface area contributed by atoms with Gasteiger partial charge in [-0.3, -0.25) is 14.5 Å². The van der Waals surface area contributed by atoms with Crippen LogP contribution < -0.4 is 10.6 Å². The zero-order valence-electron chi connectivity index (χ0n) is 15.3. The van der Waals surface area contributed by atoms with Gasteiger partial charge < -0.3 is 10.6 Å². The average molecular weight is 449 g/mol. The Morgan fingerprint density at radius 3 is 2.52 bits per heavy atom. The number of nitrogens with zero attached hydrogens (tertiary/aromatic N) is 2. The number of carbonyl (C=O) groups excluding carboxylic acids is 2. The third-order valence-electron chi connectivity index (χ3n) is 4.01. The molecule has 0 saturated heterocycles. The summed E-state index contributed by atoms with van der Waals surface area (Å²) < 4.78 is 38.7. The normalized spacial score (nSPS) is 12.6. The fraction of sp³-hybridized carbons (Fsp3) is 0.278. The monoisotopic (exact) mass is 448 g/mol. The van der Waals surface area contributed by atoms with Crippen molar-refractivity contribution in [2.75, 3.05) is 24.2 Å². The Kier molecular flexibility index (Phi) is 7.45. The van der Waals surface area contributed by atoms with Crippen LogP contribution in [0.3, 0.4) is 0 Å². The van der Waals surface area contributed by atoms with E-state index in [2.05, 4.69) is 15.6 Å². The van der Waals surface area contributed by atoms with Crippen molar-refractivity contribution in [3.05, 3.63) is 52.3 Å². The van der Waals surface area contributed by atoms with E-state index in [9.17, 15) is 22.8 Å². The Morgan fingerprint density at radius 1 is 1.21 bits per heavy atom. The van der Waals surface area contributed by atoms with Gasteiger partial charge in [0.1, 0.15) is 0 Å². The zero-order valence-corrected chi connectivity index (χ0v) is 16.9. The van der Waals surface area contributed by atoms with Crippen molar-refractivity contribution in [3.63, 3.8) is 0 Å². The summed E-state index contributed by atoms with van der Waals surface area (Å²) in [5.41, 5.74) is -0.782. The summed E-state index contributed by atoms with van der Waals surface area (Å²) in [6.45, 7) is 1.33. The minimum Gasteiger partial charge on any atom is -0.325 e. The highest BCUT2D eigenvalue weighted by Crippen LogP contribution is 2.36. The minimum atomic E-state index is -4.64. The van der Waals surface area contributed by atoms with Crippen LogP contribution in [0.5, 0.6) is 0 Å². The number of benzene rings is 1. The molecule has 0 fully saturated rings. The predicted octanol–water partition coefficient (Wildman–Crippen LogP) is 4.30. The summed E-state index contributed by atoms with van der Waals surface area (Å²) in [4.78, 5) is 29.8. The van der Waals surface area contributed by atoms with E-state index in [1.54, 1.807) is 19.1 Å². The van der Waals surface area contributed by atoms with Gasteiger partial charge in [0.15, 0.2) is 5.15 Å². The molecule has 0 aliphatic carbocycles. The van der Waals surface area contributed by atoms with E-state index < -0.39 is 34.6 Å². The predicted molar refractivity (Wildman–Crippen MR) is 105 cm³/mol. The maximum absolute atomic E-state index is 12.9. The first kappa shape index (κ1) is 22.9. The van der Waals surface area contributed by atoms with Gasteiger partial charge in [0.2, 0.25) is 11.8 Å². The molecule has 2 N–H and O–H groups in total. The van der Waals surface area contributed by atoms with E-state index in [1.165, 1.54) is 24.2 Å². The molecule has 0 spiro atoms. The summed E-state index contributed by atoms with van der Waals surface area (Å²) in [7, 11) is 1.53. The maximum Gasteiger partial charge on any atom is 0.417 e. The van der Waals surface area contributed by atoms with Crippen LogP contribution in [0.2, 0.25) is 10.2 Å². The Morgan fingerprint density at radius 2 is 1.90 bits per heavy atom. The van der Waals surface area contributed by atoms with Crippen LogP contribution in [0.1, 0.15) is 12.5 Å². The molecule has 11 heteroatoms. The number of aromatic nitrogens is 1. The van der Waals surface area contributed by atoms with E-state index in [0.29, 0.717) is 5.69 Å². The minimum absolute atomic E-state index is 0.0561. The Labute approximate surface area is 175 Å². The highest BCUT2D eigenvalue weighted by molar-refractivity contribution is 6.32. The molecule has 0 saturated carbocycles. The van der Waals surface area contributed by atoms with Crippen molar-refractivity contribution < 1.29 is 22.8 Å². The molecule has 6 nitrogen and oxygen atoms in total. The molecule has 0 aliphatic rings. The van der Waals surface area contributed by atoms with Crippen LogP contribution in [0.4, 0.5) is 24.5 Å². The average Bonchev–Trinajstić information content (AvgIpc) is 2.63. The van der Waals surface area contributed by atoms with Crippen LogP contribution in [0, 0.1) is 0 Å². The standard InChI is InChI=1S/C18H17Cl2F3N4O2/c1-10(17(29)26-14-4-3-7-24-16(14)20)27(2)9-15(28)25-11-5-6-13(19)12(8-11)18(21,22)23/h3-8,10H,9H2,1-2H3,(H,25,28)(H,26,29). The molecule has 1 unspecified atom stereocenters. The number of anilines is 2. The van der Waals surface area contributed by atoms with E-state index in [0.717, 1.165) is 12.1 Å². The van der Waals surface area contributed by atoms with Gasteiger partial charge >= 0.3 is 6.18 Å². The lowest BCUT2D eigenvalue weighted by atomic mass is 10.2. The van der Waals surface area contributed by atoms with Crippen LogP contribution >= 0.6 is 23.2 Å². The third kappa shape index (κ3) is 6.31. The number of likely N-dealkylation sites (N-methyl/N-ethyl adjacent to an activating group) is 1. The van der Waals surface area contributed by atoms with Gasteiger partial charge in [0.05, 0.1) is 28.9 Å². The van der Waals surface area contributed by atoms with Gasteiger partial charge in [-0.15, -0.1) is 0 Å². The van der Waals surface area contributed by atoms with Crippen molar-refractivity contribution in [3.8, 4) is 0 Å². The molecular formula is C18H17Cl2F3N4O2. The molecule has 0 bridgehead atoms. The summed E-state index contributed by atoms with van der Waals surface area (Å²) >= 11 is 11.4. The fourth-order valence-electron chi connectivity index (χ4n) is 2.30. The Hall–Kier alpha value is -2.36. The molecule has 29 heavy (non-hydrogen) atoms. The van der Waals surface area contributed by atoms with E-state index in [1.807, 2.05) is 0 Å². The van der Waals surface area contributed by atoms with Crippen LogP contribution in [0.25, 0.3) is 0 Å². The maximum atomic E-state index is 12.9. The zero-order chi connectivity index (χ0) is 21.8. The van der Waals surface area contributed by atoms with Gasteiger partial charge in [0.25, 0.3) is 0 Å². The van der Waals surface area contributed by atoms with Crippen molar-refractivity contribution in [2.45, 2.75) is 19.1 Å². The molecule has 1 aromatic heterocycles. The number of nitrogens with one attached hydrogen (secondary N) is 2. The van der Waals surface area contributed by atoms with Gasteiger partial charge in [0, 0.05) is 11.9 Å². The first-order valence-corrected chi connectivity index (χ1v) is 9.03. The van der Waals surface area contributed by atoms with E-state index >= 15 is 0 Å². The van der Waals surface area contributed by atoms with Crippen molar-refractivity contribution in [2.24, 2.45) is 0 Å². The first-order chi connectivity index (χ1) is 13.5. The molecule has 156 valence electrons. The van der Waals surface area contributed by atoms with Crippen molar-refractivity contribution in [1.29, 1.82) is 0 Å². The SMILES string of the molecule is CC(C(=O)Nc1cccnc1Cl)N(C)CC(=O)Nc1ccc(Cl)c(C(F)(F)F)c1. The quantitative estimate of drug-likeness (QED) is 0.645. The van der Waals surface area contributed by atoms with Gasteiger partial charge in [-0.1, -0.05) is 23.2 Å². The van der Waals surface area contributed by atoms with Crippen LogP contribution in [-0.4, -0.2) is 41.3 Å². The summed E-state index contributed by atoms with van der Waals surface area (Å²) in [6, 6.07) is 5.51. The fourth-order valence-corrected chi connectivity index (χ4v) is 2.69. The Balaban J connectivity index is 1.98. The number of hydrogen-bond acceptors (Lipinski definition) is 4. The third-order valence-corrected chi connectivity index (χ3v) is 4.64. The van der Waals surface area contributed by atoms with Gasteiger partial charge in [-0.05, 0) is 44.3 Å². The number of alkyl halides is 3. The number of rotatable bonds is 6. The topological polar surface area (TPSA) is 74.3 Å². The number of pyridine rings is 1. The lowest BCUT2D eigenvalue weighted by molar-refractivity contribution is -0.137. The number of halogens is 5. The van der Waals surface area contributed by atoms with E-state index in [4.69, 9.17) is 23.2 Å². The first-order valence-electron chi connectivity index (χ1n) is 8.27. The highest BCUT2D eigenvalue weighted by Gasteiger charge is 2.33. The van der Waals surface area contributed by atoms with Gasteiger partial charge in [-0.2, -0.15) is 13.2 Å².